The van der Waals surface area contributed by atoms with Gasteiger partial charge in [-0.3, -0.25) is 9.59 Å². The Morgan fingerprint density at radius 3 is 2.29 bits per heavy atom. The maximum atomic E-state index is 13.8. The van der Waals surface area contributed by atoms with Crippen LogP contribution in [0.2, 0.25) is 0 Å². The number of benzene rings is 2. The predicted molar refractivity (Wildman–Crippen MR) is 97.4 cm³/mol. The fraction of sp³-hybridized carbons (Fsp3) is 0.250. The van der Waals surface area contributed by atoms with Crippen LogP contribution in [0.1, 0.15) is 18.1 Å². The van der Waals surface area contributed by atoms with E-state index in [0.717, 1.165) is 0 Å². The van der Waals surface area contributed by atoms with Crippen molar-refractivity contribution in [3.63, 3.8) is 0 Å². The predicted octanol–water partition coefficient (Wildman–Crippen LogP) is 1.82. The standard InChI is InChI=1S/C20H20F2N2O4/c1-12(25)23-17(10-13-5-4-7-15(21)9-13)19(26)24-18(20(27)28)11-14-6-2-3-8-16(14)22/h2-9,17-18H,10-11H2,1H3,(H,23,25)(H,24,26)(H,27,28)/t17-,18+/m1/s1. The number of aliphatic carboxylic acids is 1. The second kappa shape index (κ2) is 9.59. The normalized spacial score (nSPS) is 12.7. The lowest BCUT2D eigenvalue weighted by molar-refractivity contribution is -0.142. The van der Waals surface area contributed by atoms with Crippen LogP contribution in [0.4, 0.5) is 8.78 Å². The van der Waals surface area contributed by atoms with Gasteiger partial charge in [-0.2, -0.15) is 0 Å². The van der Waals surface area contributed by atoms with Crippen LogP contribution in [0.3, 0.4) is 0 Å². The third-order valence-corrected chi connectivity index (χ3v) is 4.02. The molecule has 2 amide bonds. The molecule has 0 unspecified atom stereocenters. The largest absolute Gasteiger partial charge is 0.480 e. The summed E-state index contributed by atoms with van der Waals surface area (Å²) in [5, 5.41) is 14.1. The summed E-state index contributed by atoms with van der Waals surface area (Å²) in [7, 11) is 0. The molecule has 148 valence electrons. The van der Waals surface area contributed by atoms with E-state index < -0.39 is 41.5 Å². The number of hydrogen-bond acceptors (Lipinski definition) is 3. The Morgan fingerprint density at radius 1 is 0.964 bits per heavy atom. The van der Waals surface area contributed by atoms with E-state index in [-0.39, 0.29) is 18.4 Å². The summed E-state index contributed by atoms with van der Waals surface area (Å²) in [6.45, 7) is 1.21. The molecule has 0 aliphatic carbocycles. The number of carbonyl (C=O) groups is 3. The summed E-state index contributed by atoms with van der Waals surface area (Å²) in [4.78, 5) is 35.5. The molecule has 0 aliphatic rings. The van der Waals surface area contributed by atoms with Gasteiger partial charge >= 0.3 is 5.97 Å². The summed E-state index contributed by atoms with van der Waals surface area (Å²) < 4.78 is 27.2. The number of carbonyl (C=O) groups excluding carboxylic acids is 2. The van der Waals surface area contributed by atoms with Gasteiger partial charge in [0, 0.05) is 19.8 Å². The van der Waals surface area contributed by atoms with Gasteiger partial charge in [0.2, 0.25) is 11.8 Å². The summed E-state index contributed by atoms with van der Waals surface area (Å²) in [5.41, 5.74) is 0.589. The molecule has 0 heterocycles. The van der Waals surface area contributed by atoms with Crippen molar-refractivity contribution < 1.29 is 28.3 Å². The first kappa shape index (κ1) is 21.0. The third-order valence-electron chi connectivity index (χ3n) is 4.02. The fourth-order valence-electron chi connectivity index (χ4n) is 2.71. The lowest BCUT2D eigenvalue weighted by Crippen LogP contribution is -2.52. The molecule has 0 bridgehead atoms. The quantitative estimate of drug-likeness (QED) is 0.641. The molecule has 0 fully saturated rings. The highest BCUT2D eigenvalue weighted by molar-refractivity contribution is 5.90. The van der Waals surface area contributed by atoms with Gasteiger partial charge in [0.25, 0.3) is 0 Å². The number of nitrogens with one attached hydrogen (secondary N) is 2. The zero-order valence-electron chi connectivity index (χ0n) is 15.1. The highest BCUT2D eigenvalue weighted by Gasteiger charge is 2.27. The molecule has 2 atom stereocenters. The summed E-state index contributed by atoms with van der Waals surface area (Å²) in [6, 6.07) is 8.65. The van der Waals surface area contributed by atoms with E-state index in [1.807, 2.05) is 0 Å². The Labute approximate surface area is 160 Å². The van der Waals surface area contributed by atoms with E-state index in [4.69, 9.17) is 0 Å². The van der Waals surface area contributed by atoms with Crippen LogP contribution >= 0.6 is 0 Å². The molecule has 6 nitrogen and oxygen atoms in total. The molecule has 28 heavy (non-hydrogen) atoms. The molecule has 0 saturated carbocycles. The first-order valence-corrected chi connectivity index (χ1v) is 8.54. The minimum atomic E-state index is -1.40. The monoisotopic (exact) mass is 390 g/mol. The van der Waals surface area contributed by atoms with Gasteiger partial charge in [-0.1, -0.05) is 30.3 Å². The van der Waals surface area contributed by atoms with Gasteiger partial charge in [-0.25, -0.2) is 13.6 Å². The van der Waals surface area contributed by atoms with E-state index in [2.05, 4.69) is 10.6 Å². The lowest BCUT2D eigenvalue weighted by Gasteiger charge is -2.21. The number of carboxylic acid groups (broad SMARTS) is 1. The van der Waals surface area contributed by atoms with Gasteiger partial charge < -0.3 is 15.7 Å². The van der Waals surface area contributed by atoms with Crippen LogP contribution in [0.5, 0.6) is 0 Å². The van der Waals surface area contributed by atoms with Crippen LogP contribution in [0, 0.1) is 11.6 Å². The topological polar surface area (TPSA) is 95.5 Å². The number of carboxylic acids is 1. The van der Waals surface area contributed by atoms with Crippen molar-refractivity contribution >= 4 is 17.8 Å². The number of hydrogen-bond donors (Lipinski definition) is 3. The fourth-order valence-corrected chi connectivity index (χ4v) is 2.71. The van der Waals surface area contributed by atoms with Crippen LogP contribution in [0.25, 0.3) is 0 Å². The smallest absolute Gasteiger partial charge is 0.326 e. The Kier molecular flexibility index (Phi) is 7.20. The van der Waals surface area contributed by atoms with Crippen molar-refractivity contribution in [2.75, 3.05) is 0 Å². The number of rotatable bonds is 8. The maximum Gasteiger partial charge on any atom is 0.326 e. The van der Waals surface area contributed by atoms with Crippen LogP contribution in [-0.2, 0) is 27.2 Å². The highest BCUT2D eigenvalue weighted by Crippen LogP contribution is 2.11. The molecular weight excluding hydrogens is 370 g/mol. The van der Waals surface area contributed by atoms with Crippen molar-refractivity contribution in [1.29, 1.82) is 0 Å². The molecule has 0 spiro atoms. The summed E-state index contributed by atoms with van der Waals surface area (Å²) in [5.74, 6) is -3.69. The second-order valence-electron chi connectivity index (χ2n) is 6.28. The van der Waals surface area contributed by atoms with E-state index in [1.54, 1.807) is 12.1 Å². The van der Waals surface area contributed by atoms with Gasteiger partial charge in [0.05, 0.1) is 0 Å². The van der Waals surface area contributed by atoms with E-state index >= 15 is 0 Å². The minimum Gasteiger partial charge on any atom is -0.480 e. The highest BCUT2D eigenvalue weighted by atomic mass is 19.1. The maximum absolute atomic E-state index is 13.8. The average Bonchev–Trinajstić information content (AvgIpc) is 2.61. The van der Waals surface area contributed by atoms with Crippen molar-refractivity contribution in [3.8, 4) is 0 Å². The first-order valence-electron chi connectivity index (χ1n) is 8.54. The van der Waals surface area contributed by atoms with Crippen molar-refractivity contribution in [3.05, 3.63) is 71.3 Å². The second-order valence-corrected chi connectivity index (χ2v) is 6.28. The first-order chi connectivity index (χ1) is 13.3. The minimum absolute atomic E-state index is 0.0325. The Bertz CT molecular complexity index is 873. The molecule has 0 aromatic heterocycles. The average molecular weight is 390 g/mol. The molecule has 2 aromatic carbocycles. The van der Waals surface area contributed by atoms with E-state index in [0.29, 0.717) is 5.56 Å². The van der Waals surface area contributed by atoms with Gasteiger partial charge in [-0.05, 0) is 29.3 Å². The summed E-state index contributed by atoms with van der Waals surface area (Å²) >= 11 is 0. The molecule has 2 aromatic rings. The molecule has 0 aliphatic heterocycles. The summed E-state index contributed by atoms with van der Waals surface area (Å²) in [6.07, 6.45) is -0.296. The zero-order chi connectivity index (χ0) is 20.7. The van der Waals surface area contributed by atoms with E-state index in [1.165, 1.54) is 43.3 Å². The zero-order valence-corrected chi connectivity index (χ0v) is 15.1. The Balaban J connectivity index is 2.15. The molecule has 0 saturated heterocycles. The van der Waals surface area contributed by atoms with Gasteiger partial charge in [-0.15, -0.1) is 0 Å². The van der Waals surface area contributed by atoms with Crippen LogP contribution in [0.15, 0.2) is 48.5 Å². The number of amides is 2. The molecule has 8 heteroatoms. The Hall–Kier alpha value is -3.29. The Morgan fingerprint density at radius 2 is 1.68 bits per heavy atom. The van der Waals surface area contributed by atoms with Crippen LogP contribution in [-0.4, -0.2) is 35.0 Å². The van der Waals surface area contributed by atoms with Crippen molar-refractivity contribution in [1.82, 2.24) is 10.6 Å². The molecule has 2 rings (SSSR count). The van der Waals surface area contributed by atoms with Gasteiger partial charge in [0.15, 0.2) is 0 Å². The van der Waals surface area contributed by atoms with Crippen LogP contribution < -0.4 is 10.6 Å². The molecular formula is C20H20F2N2O4. The third kappa shape index (κ3) is 6.15. The van der Waals surface area contributed by atoms with Gasteiger partial charge in [0.1, 0.15) is 23.7 Å². The van der Waals surface area contributed by atoms with Crippen molar-refractivity contribution in [2.24, 2.45) is 0 Å². The lowest BCUT2D eigenvalue weighted by atomic mass is 10.0. The SMILES string of the molecule is CC(=O)N[C@H](Cc1cccc(F)c1)C(=O)N[C@@H](Cc1ccccc1F)C(=O)O. The molecule has 3 N–H and O–H groups in total. The number of halogens is 2. The van der Waals surface area contributed by atoms with Crippen molar-refractivity contribution in [2.45, 2.75) is 31.8 Å². The molecule has 0 radical (unpaired) electrons. The van der Waals surface area contributed by atoms with E-state index in [9.17, 15) is 28.3 Å².